The van der Waals surface area contributed by atoms with Crippen LogP contribution in [0.25, 0.3) is 0 Å². The largest absolute Gasteiger partial charge is 0.392 e. The fraction of sp³-hybridized carbons (Fsp3) is 0.455. The third kappa shape index (κ3) is 3.62. The summed E-state index contributed by atoms with van der Waals surface area (Å²) in [4.78, 5) is 27.4. The van der Waals surface area contributed by atoms with Gasteiger partial charge in [-0.1, -0.05) is 0 Å². The quantitative estimate of drug-likeness (QED) is 0.594. The van der Waals surface area contributed by atoms with E-state index in [1.54, 1.807) is 7.05 Å². The first kappa shape index (κ1) is 14.8. The van der Waals surface area contributed by atoms with Crippen molar-refractivity contribution in [3.8, 4) is 0 Å². The molecule has 0 bridgehead atoms. The lowest BCUT2D eigenvalue weighted by Crippen LogP contribution is -2.33. The number of likely N-dealkylation sites (N-methyl/N-ethyl adjacent to an activating group) is 1. The number of nitrogens with one attached hydrogen (secondary N) is 1. The molecule has 0 aliphatic carbocycles. The van der Waals surface area contributed by atoms with Crippen LogP contribution in [0.15, 0.2) is 12.3 Å². The number of aliphatic hydroxyl groups excluding tert-OH is 1. The van der Waals surface area contributed by atoms with E-state index >= 15 is 0 Å². The lowest BCUT2D eigenvalue weighted by Gasteiger charge is -2.18. The zero-order valence-corrected chi connectivity index (χ0v) is 11.0. The molecule has 0 fully saturated rings. The van der Waals surface area contributed by atoms with Crippen molar-refractivity contribution in [3.05, 3.63) is 27.9 Å². The lowest BCUT2D eigenvalue weighted by atomic mass is 10.2. The summed E-state index contributed by atoms with van der Waals surface area (Å²) >= 11 is 0. The second-order valence-electron chi connectivity index (χ2n) is 4.13. The second-order valence-corrected chi connectivity index (χ2v) is 4.13. The molecule has 1 aromatic heterocycles. The Hall–Kier alpha value is -2.22. The van der Waals surface area contributed by atoms with Gasteiger partial charge in [-0.3, -0.25) is 14.9 Å². The van der Waals surface area contributed by atoms with Crippen molar-refractivity contribution in [1.82, 2.24) is 9.88 Å². The summed E-state index contributed by atoms with van der Waals surface area (Å²) < 4.78 is 0. The summed E-state index contributed by atoms with van der Waals surface area (Å²) in [6.07, 6.45) is 0.327. The van der Waals surface area contributed by atoms with Crippen LogP contribution < -0.4 is 5.32 Å². The average molecular weight is 268 g/mol. The van der Waals surface area contributed by atoms with Gasteiger partial charge in [-0.15, -0.1) is 0 Å². The van der Waals surface area contributed by atoms with Crippen LogP contribution in [0.1, 0.15) is 17.3 Å². The molecule has 0 saturated carbocycles. The highest BCUT2D eigenvalue weighted by Gasteiger charge is 2.24. The zero-order chi connectivity index (χ0) is 14.6. The first-order valence-corrected chi connectivity index (χ1v) is 5.62. The molecule has 0 radical (unpaired) electrons. The molecular formula is C11H16N4O4. The number of carbonyl (C=O) groups is 1. The van der Waals surface area contributed by atoms with Gasteiger partial charge in [0.1, 0.15) is 17.6 Å². The minimum Gasteiger partial charge on any atom is -0.392 e. The Kier molecular flexibility index (Phi) is 4.76. The summed E-state index contributed by atoms with van der Waals surface area (Å²) in [6, 6.07) is 1.32. The summed E-state index contributed by atoms with van der Waals surface area (Å²) in [5, 5.41) is 22.9. The van der Waals surface area contributed by atoms with Crippen molar-refractivity contribution in [3.63, 3.8) is 0 Å². The van der Waals surface area contributed by atoms with E-state index in [1.165, 1.54) is 24.9 Å². The second kappa shape index (κ2) is 6.10. The Bertz CT molecular complexity index is 490. The Balaban J connectivity index is 3.15. The Morgan fingerprint density at radius 3 is 2.79 bits per heavy atom. The van der Waals surface area contributed by atoms with E-state index in [0.717, 1.165) is 6.20 Å². The fourth-order valence-electron chi connectivity index (χ4n) is 1.59. The minimum absolute atomic E-state index is 0.0625. The Morgan fingerprint density at radius 1 is 1.68 bits per heavy atom. The van der Waals surface area contributed by atoms with Crippen LogP contribution in [0.5, 0.6) is 0 Å². The zero-order valence-electron chi connectivity index (χ0n) is 11.0. The van der Waals surface area contributed by atoms with Crippen molar-refractivity contribution in [2.24, 2.45) is 0 Å². The molecule has 1 heterocycles. The standard InChI is InChI=1S/C11H16N4O4/c1-7(16)6-14(3)11(17)8-4-10(12-2)13-5-9(8)15(18)19/h4-5,7,16H,6H2,1-3H3,(H,12,13). The number of aliphatic hydroxyl groups is 1. The number of amides is 1. The molecule has 8 heteroatoms. The predicted octanol–water partition coefficient (Wildman–Crippen LogP) is 0.484. The molecule has 1 aromatic rings. The van der Waals surface area contributed by atoms with E-state index in [2.05, 4.69) is 10.3 Å². The molecule has 0 saturated heterocycles. The van der Waals surface area contributed by atoms with Gasteiger partial charge in [-0.25, -0.2) is 4.98 Å². The van der Waals surface area contributed by atoms with Gasteiger partial charge in [-0.2, -0.15) is 0 Å². The van der Waals surface area contributed by atoms with Gasteiger partial charge in [0.25, 0.3) is 11.6 Å². The summed E-state index contributed by atoms with van der Waals surface area (Å²) in [5.41, 5.74) is -0.422. The van der Waals surface area contributed by atoms with Gasteiger partial charge in [0.05, 0.1) is 11.0 Å². The molecule has 1 atom stereocenters. The summed E-state index contributed by atoms with van der Waals surface area (Å²) in [5.74, 6) is -0.175. The molecule has 1 rings (SSSR count). The molecule has 0 aromatic carbocycles. The highest BCUT2D eigenvalue weighted by molar-refractivity contribution is 5.98. The molecule has 0 aliphatic rings. The lowest BCUT2D eigenvalue weighted by molar-refractivity contribution is -0.385. The number of nitro groups is 1. The normalized spacial score (nSPS) is 11.8. The molecule has 1 amide bonds. The molecule has 8 nitrogen and oxygen atoms in total. The first-order valence-electron chi connectivity index (χ1n) is 5.62. The number of rotatable bonds is 5. The topological polar surface area (TPSA) is 109 Å². The van der Waals surface area contributed by atoms with Crippen molar-refractivity contribution in [2.75, 3.05) is 26.0 Å². The van der Waals surface area contributed by atoms with Crippen LogP contribution in [0.4, 0.5) is 11.5 Å². The van der Waals surface area contributed by atoms with Crippen molar-refractivity contribution < 1.29 is 14.8 Å². The van der Waals surface area contributed by atoms with E-state index in [-0.39, 0.29) is 17.8 Å². The molecule has 1 unspecified atom stereocenters. The van der Waals surface area contributed by atoms with Crippen molar-refractivity contribution in [2.45, 2.75) is 13.0 Å². The van der Waals surface area contributed by atoms with Gasteiger partial charge in [0.15, 0.2) is 0 Å². The third-order valence-corrected chi connectivity index (χ3v) is 2.45. The Morgan fingerprint density at radius 2 is 2.32 bits per heavy atom. The van der Waals surface area contributed by atoms with Crippen LogP contribution in [-0.2, 0) is 0 Å². The van der Waals surface area contributed by atoms with E-state index in [4.69, 9.17) is 0 Å². The molecule has 19 heavy (non-hydrogen) atoms. The first-order chi connectivity index (χ1) is 8.86. The molecule has 2 N–H and O–H groups in total. The van der Waals surface area contributed by atoms with Crippen LogP contribution in [0.2, 0.25) is 0 Å². The van der Waals surface area contributed by atoms with E-state index < -0.39 is 16.9 Å². The van der Waals surface area contributed by atoms with Gasteiger partial charge in [-0.05, 0) is 6.92 Å². The number of aromatic nitrogens is 1. The van der Waals surface area contributed by atoms with Crippen LogP contribution >= 0.6 is 0 Å². The van der Waals surface area contributed by atoms with Gasteiger partial charge in [0.2, 0.25) is 0 Å². The van der Waals surface area contributed by atoms with Crippen molar-refractivity contribution >= 4 is 17.4 Å². The number of anilines is 1. The van der Waals surface area contributed by atoms with E-state index in [0.29, 0.717) is 5.82 Å². The fourth-order valence-corrected chi connectivity index (χ4v) is 1.59. The SMILES string of the molecule is CNc1cc(C(=O)N(C)CC(C)O)c([N+](=O)[O-])cn1. The molecular weight excluding hydrogens is 252 g/mol. The smallest absolute Gasteiger partial charge is 0.300 e. The molecule has 104 valence electrons. The maximum atomic E-state index is 12.1. The van der Waals surface area contributed by atoms with Crippen LogP contribution in [0, 0.1) is 10.1 Å². The maximum Gasteiger partial charge on any atom is 0.300 e. The number of nitrogens with zero attached hydrogens (tertiary/aromatic N) is 3. The number of pyridine rings is 1. The summed E-state index contributed by atoms with van der Waals surface area (Å²) in [7, 11) is 3.07. The molecule has 0 spiro atoms. The highest BCUT2D eigenvalue weighted by atomic mass is 16.6. The Labute approximate surface area is 110 Å². The summed E-state index contributed by atoms with van der Waals surface area (Å²) in [6.45, 7) is 1.62. The van der Waals surface area contributed by atoms with Gasteiger partial charge >= 0.3 is 0 Å². The average Bonchev–Trinajstić information content (AvgIpc) is 2.36. The van der Waals surface area contributed by atoms with Crippen LogP contribution in [-0.4, -0.2) is 52.6 Å². The van der Waals surface area contributed by atoms with Crippen molar-refractivity contribution in [1.29, 1.82) is 0 Å². The van der Waals surface area contributed by atoms with Gasteiger partial charge in [0, 0.05) is 26.7 Å². The number of hydrogen-bond donors (Lipinski definition) is 2. The van der Waals surface area contributed by atoms with E-state index in [1.807, 2.05) is 0 Å². The maximum absolute atomic E-state index is 12.1. The monoisotopic (exact) mass is 268 g/mol. The minimum atomic E-state index is -0.710. The predicted molar refractivity (Wildman–Crippen MR) is 69.1 cm³/mol. The third-order valence-electron chi connectivity index (χ3n) is 2.45. The number of hydrogen-bond acceptors (Lipinski definition) is 6. The van der Waals surface area contributed by atoms with Gasteiger partial charge < -0.3 is 15.3 Å². The van der Waals surface area contributed by atoms with E-state index in [9.17, 15) is 20.0 Å². The van der Waals surface area contributed by atoms with Crippen LogP contribution in [0.3, 0.4) is 0 Å². The number of carbonyl (C=O) groups excluding carboxylic acids is 1. The molecule has 0 aliphatic heterocycles. The highest BCUT2D eigenvalue weighted by Crippen LogP contribution is 2.21.